The van der Waals surface area contributed by atoms with Crippen LogP contribution in [0.3, 0.4) is 0 Å². The van der Waals surface area contributed by atoms with Crippen molar-refractivity contribution in [2.24, 2.45) is 0 Å². The predicted molar refractivity (Wildman–Crippen MR) is 50.4 cm³/mol. The lowest BCUT2D eigenvalue weighted by Crippen LogP contribution is -2.14. The van der Waals surface area contributed by atoms with E-state index >= 15 is 0 Å². The van der Waals surface area contributed by atoms with E-state index in [-0.39, 0.29) is 0 Å². The molecule has 86 valence electrons. The highest BCUT2D eigenvalue weighted by Gasteiger charge is 2.29. The third kappa shape index (κ3) is 3.39. The standard InChI is InChI=1S/C10H8F3NO2/c11-10(12,13)8-4-1-7(2-5-8)3-6-9(15)14-16/h1-6,16H,(H,14,15). The molecule has 0 aliphatic rings. The molecule has 0 unspecified atom stereocenters. The van der Waals surface area contributed by atoms with Crippen molar-refractivity contribution in [1.82, 2.24) is 5.48 Å². The quantitative estimate of drug-likeness (QED) is 0.466. The molecule has 1 aromatic carbocycles. The lowest BCUT2D eigenvalue weighted by atomic mass is 10.1. The van der Waals surface area contributed by atoms with Gasteiger partial charge in [0, 0.05) is 6.08 Å². The number of hydroxylamine groups is 1. The molecule has 0 atom stereocenters. The van der Waals surface area contributed by atoms with Crippen LogP contribution in [0.4, 0.5) is 13.2 Å². The van der Waals surface area contributed by atoms with Gasteiger partial charge in [-0.3, -0.25) is 10.0 Å². The SMILES string of the molecule is O=C(C=Cc1ccc(C(F)(F)F)cc1)NO. The van der Waals surface area contributed by atoms with Gasteiger partial charge in [-0.2, -0.15) is 13.2 Å². The number of amides is 1. The number of alkyl halides is 3. The number of benzene rings is 1. The number of nitrogens with one attached hydrogen (secondary N) is 1. The molecule has 1 aromatic rings. The maximum absolute atomic E-state index is 12.2. The average Bonchev–Trinajstić information content (AvgIpc) is 2.25. The summed E-state index contributed by atoms with van der Waals surface area (Å²) in [6, 6.07) is 4.28. The third-order valence-corrected chi connectivity index (χ3v) is 1.78. The molecule has 1 amide bonds. The Morgan fingerprint density at radius 3 is 2.25 bits per heavy atom. The highest BCUT2D eigenvalue weighted by molar-refractivity contribution is 5.90. The minimum atomic E-state index is -4.37. The Labute approximate surface area is 89.2 Å². The van der Waals surface area contributed by atoms with Gasteiger partial charge in [0.1, 0.15) is 0 Å². The van der Waals surface area contributed by atoms with E-state index in [1.165, 1.54) is 23.7 Å². The molecule has 6 heteroatoms. The van der Waals surface area contributed by atoms with Crippen molar-refractivity contribution in [3.8, 4) is 0 Å². The molecule has 2 N–H and O–H groups in total. The lowest BCUT2D eigenvalue weighted by Gasteiger charge is -2.05. The van der Waals surface area contributed by atoms with Crippen molar-refractivity contribution >= 4 is 12.0 Å². The first-order valence-electron chi connectivity index (χ1n) is 4.23. The Balaban J connectivity index is 2.80. The summed E-state index contributed by atoms with van der Waals surface area (Å²) < 4.78 is 36.5. The van der Waals surface area contributed by atoms with E-state index in [1.54, 1.807) is 0 Å². The Bertz CT molecular complexity index is 396. The van der Waals surface area contributed by atoms with E-state index in [0.29, 0.717) is 5.56 Å². The summed E-state index contributed by atoms with van der Waals surface area (Å²) in [6.45, 7) is 0. The largest absolute Gasteiger partial charge is 0.416 e. The van der Waals surface area contributed by atoms with Crippen LogP contribution in [0.15, 0.2) is 30.3 Å². The molecule has 0 aliphatic carbocycles. The molecule has 0 bridgehead atoms. The second-order valence-electron chi connectivity index (χ2n) is 2.93. The fourth-order valence-corrected chi connectivity index (χ4v) is 0.992. The Morgan fingerprint density at radius 2 is 1.81 bits per heavy atom. The first kappa shape index (κ1) is 12.3. The van der Waals surface area contributed by atoms with Crippen molar-refractivity contribution in [2.45, 2.75) is 6.18 Å². The monoisotopic (exact) mass is 231 g/mol. The van der Waals surface area contributed by atoms with Crippen LogP contribution in [0.1, 0.15) is 11.1 Å². The van der Waals surface area contributed by atoms with Crippen LogP contribution in [-0.2, 0) is 11.0 Å². The van der Waals surface area contributed by atoms with Crippen LogP contribution < -0.4 is 5.48 Å². The first-order chi connectivity index (χ1) is 7.43. The van der Waals surface area contributed by atoms with Gasteiger partial charge >= 0.3 is 6.18 Å². The summed E-state index contributed by atoms with van der Waals surface area (Å²) in [4.78, 5) is 10.6. The maximum atomic E-state index is 12.2. The third-order valence-electron chi connectivity index (χ3n) is 1.78. The average molecular weight is 231 g/mol. The van der Waals surface area contributed by atoms with Gasteiger partial charge in [-0.25, -0.2) is 5.48 Å². The fraction of sp³-hybridized carbons (Fsp3) is 0.100. The van der Waals surface area contributed by atoms with Gasteiger partial charge in [0.25, 0.3) is 5.91 Å². The van der Waals surface area contributed by atoms with E-state index in [2.05, 4.69) is 0 Å². The van der Waals surface area contributed by atoms with Gasteiger partial charge in [0.15, 0.2) is 0 Å². The number of carbonyl (C=O) groups excluding carboxylic acids is 1. The van der Waals surface area contributed by atoms with Crippen LogP contribution in [0.2, 0.25) is 0 Å². The molecule has 0 saturated carbocycles. The molecule has 0 aliphatic heterocycles. The minimum absolute atomic E-state index is 0.427. The molecule has 3 nitrogen and oxygen atoms in total. The zero-order valence-corrected chi connectivity index (χ0v) is 7.95. The molecule has 0 radical (unpaired) electrons. The van der Waals surface area contributed by atoms with Gasteiger partial charge in [-0.05, 0) is 23.8 Å². The van der Waals surface area contributed by atoms with Gasteiger partial charge < -0.3 is 0 Å². The van der Waals surface area contributed by atoms with Crippen molar-refractivity contribution in [2.75, 3.05) is 0 Å². The maximum Gasteiger partial charge on any atom is 0.416 e. The summed E-state index contributed by atoms with van der Waals surface area (Å²) in [6.07, 6.45) is -2.08. The van der Waals surface area contributed by atoms with Crippen molar-refractivity contribution in [3.05, 3.63) is 41.5 Å². The van der Waals surface area contributed by atoms with Crippen molar-refractivity contribution in [1.29, 1.82) is 0 Å². The van der Waals surface area contributed by atoms with Crippen LogP contribution >= 0.6 is 0 Å². The van der Waals surface area contributed by atoms with E-state index in [1.807, 2.05) is 0 Å². The molecule has 0 spiro atoms. The number of hydrogen-bond donors (Lipinski definition) is 2. The molecule has 1 rings (SSSR count). The number of rotatable bonds is 2. The molecular formula is C10H8F3NO2. The molecular weight excluding hydrogens is 223 g/mol. The molecule has 0 saturated heterocycles. The van der Waals surface area contributed by atoms with Crippen molar-refractivity contribution in [3.63, 3.8) is 0 Å². The second kappa shape index (κ2) is 4.80. The van der Waals surface area contributed by atoms with Crippen molar-refractivity contribution < 1.29 is 23.2 Å². The lowest BCUT2D eigenvalue weighted by molar-refractivity contribution is -0.137. The van der Waals surface area contributed by atoms with Crippen LogP contribution in [0.25, 0.3) is 6.08 Å². The van der Waals surface area contributed by atoms with E-state index in [4.69, 9.17) is 5.21 Å². The summed E-state index contributed by atoms with van der Waals surface area (Å²) >= 11 is 0. The van der Waals surface area contributed by atoms with Crippen LogP contribution in [0, 0.1) is 0 Å². The summed E-state index contributed by atoms with van der Waals surface area (Å²) in [5.74, 6) is -0.750. The van der Waals surface area contributed by atoms with Gasteiger partial charge in [0.2, 0.25) is 0 Å². The summed E-state index contributed by atoms with van der Waals surface area (Å²) in [7, 11) is 0. The number of hydrogen-bond acceptors (Lipinski definition) is 2. The Kier molecular flexibility index (Phi) is 3.68. The van der Waals surface area contributed by atoms with E-state index in [9.17, 15) is 18.0 Å². The van der Waals surface area contributed by atoms with Gasteiger partial charge in [-0.1, -0.05) is 12.1 Å². The normalized spacial score (nSPS) is 11.8. The van der Waals surface area contributed by atoms with Crippen LogP contribution in [-0.4, -0.2) is 11.1 Å². The molecule has 16 heavy (non-hydrogen) atoms. The summed E-state index contributed by atoms with van der Waals surface area (Å²) in [5.41, 5.74) is 1.04. The zero-order chi connectivity index (χ0) is 12.2. The highest BCUT2D eigenvalue weighted by Crippen LogP contribution is 2.29. The molecule has 0 heterocycles. The first-order valence-corrected chi connectivity index (χ1v) is 4.23. The Morgan fingerprint density at radius 1 is 1.25 bits per heavy atom. The second-order valence-corrected chi connectivity index (χ2v) is 2.93. The highest BCUT2D eigenvalue weighted by atomic mass is 19.4. The van der Waals surface area contributed by atoms with Gasteiger partial charge in [-0.15, -0.1) is 0 Å². The smallest absolute Gasteiger partial charge is 0.288 e. The topological polar surface area (TPSA) is 49.3 Å². The minimum Gasteiger partial charge on any atom is -0.288 e. The summed E-state index contributed by atoms with van der Waals surface area (Å²) in [5, 5.41) is 8.16. The zero-order valence-electron chi connectivity index (χ0n) is 7.95. The van der Waals surface area contributed by atoms with Gasteiger partial charge in [0.05, 0.1) is 5.56 Å². The fourth-order valence-electron chi connectivity index (χ4n) is 0.992. The molecule has 0 aromatic heterocycles. The molecule has 0 fully saturated rings. The van der Waals surface area contributed by atoms with Crippen LogP contribution in [0.5, 0.6) is 0 Å². The van der Waals surface area contributed by atoms with E-state index in [0.717, 1.165) is 18.2 Å². The van der Waals surface area contributed by atoms with E-state index < -0.39 is 17.6 Å². The number of halogens is 3. The number of carbonyl (C=O) groups is 1. The Hall–Kier alpha value is -1.82. The predicted octanol–water partition coefficient (Wildman–Crippen LogP) is 2.22.